The first-order chi connectivity index (χ1) is 41.2. The maximum Gasteiger partial charge on any atom is 0.307 e. The molecular weight excluding hydrogens is 1170 g/mol. The number of ether oxygens (including phenoxy) is 6. The summed E-state index contributed by atoms with van der Waals surface area (Å²) in [6, 6.07) is 3.10. The molecule has 1 saturated heterocycles. The number of carbonyl (C=O) groups excluding carboxylic acids is 5. The van der Waals surface area contributed by atoms with Crippen molar-refractivity contribution in [2.45, 2.75) is 137 Å². The van der Waals surface area contributed by atoms with Crippen molar-refractivity contribution in [1.29, 1.82) is 0 Å². The van der Waals surface area contributed by atoms with E-state index in [0.29, 0.717) is 24.7 Å². The number of anilines is 2. The lowest BCUT2D eigenvalue weighted by Gasteiger charge is -2.39. The Morgan fingerprint density at radius 1 is 0.885 bits per heavy atom. The van der Waals surface area contributed by atoms with E-state index in [4.69, 9.17) is 37.8 Å². The number of rotatable bonds is 17. The molecular formula is C61H77N5O19P2. The number of esters is 3. The van der Waals surface area contributed by atoms with Gasteiger partial charge in [0.2, 0.25) is 16.8 Å². The van der Waals surface area contributed by atoms with Gasteiger partial charge in [0.05, 0.1) is 35.7 Å². The van der Waals surface area contributed by atoms with Crippen LogP contribution in [0.15, 0.2) is 62.3 Å². The molecule has 4 bridgehead atoms. The topological polar surface area (TPSA) is 326 Å². The number of hydrogen-bond donors (Lipinski definition) is 5. The normalized spacial score (nSPS) is 25.9. The summed E-state index contributed by atoms with van der Waals surface area (Å²) >= 11 is 0. The van der Waals surface area contributed by atoms with Crippen molar-refractivity contribution < 1.29 is 81.3 Å². The van der Waals surface area contributed by atoms with Crippen LogP contribution in [0.3, 0.4) is 0 Å². The fraction of sp³-hybridized carbons (Fsp3) is 0.541. The van der Waals surface area contributed by atoms with Gasteiger partial charge in [-0.05, 0) is 38.7 Å². The maximum absolute atomic E-state index is 15.1. The predicted octanol–water partition coefficient (Wildman–Crippen LogP) is 7.37. The van der Waals surface area contributed by atoms with E-state index in [9.17, 15) is 53.2 Å². The molecule has 7 rings (SSSR count). The van der Waals surface area contributed by atoms with Gasteiger partial charge in [0, 0.05) is 131 Å². The summed E-state index contributed by atoms with van der Waals surface area (Å²) in [5, 5.41) is 40.9. The van der Waals surface area contributed by atoms with Crippen LogP contribution in [-0.2, 0) is 56.8 Å². The number of allylic oxidation sites excluding steroid dienone is 2. The van der Waals surface area contributed by atoms with Gasteiger partial charge in [0.15, 0.2) is 44.9 Å². The molecule has 1 aromatic heterocycles. The number of piperazine rings is 1. The summed E-state index contributed by atoms with van der Waals surface area (Å²) in [6.45, 7) is 20.1. The minimum absolute atomic E-state index is 0.0104. The SMILES string of the molecule is CO[C@H]1/C=C/O[C@@]2(C)Oc3c(C)c(O)c4c(=O)c(c5oc6cc(N7CCN(CC(C)C)CC7)cc(=O)c6nc5c4c3=C2O)NC(=O)/C(C)=C\C=C\[C@H](C)[C@H](OC(=O)CCCOC(=O)CCCC(=O)NC(P=O)P=O)[C@@H](C)[C@@H](O)[C@@H](C)[C@H](OC(C)=O)[C@@H]1C. The summed E-state index contributed by atoms with van der Waals surface area (Å²) in [6.07, 6.45) is 2.57. The molecule has 3 aliphatic rings. The number of amides is 2. The number of aliphatic hydroxyl groups excluding tert-OH is 2. The van der Waals surface area contributed by atoms with E-state index in [1.54, 1.807) is 39.8 Å². The molecule has 0 radical (unpaired) electrons. The molecule has 26 heteroatoms. The van der Waals surface area contributed by atoms with Crippen molar-refractivity contribution >= 4 is 96.7 Å². The molecule has 0 unspecified atom stereocenters. The van der Waals surface area contributed by atoms with Crippen LogP contribution in [0.5, 0.6) is 11.5 Å². The second-order valence-electron chi connectivity index (χ2n) is 23.0. The molecule has 5 N–H and O–H groups in total. The summed E-state index contributed by atoms with van der Waals surface area (Å²) < 4.78 is 64.2. The lowest BCUT2D eigenvalue weighted by molar-refractivity contribution is -0.166. The zero-order valence-electron chi connectivity index (χ0n) is 50.7. The molecule has 2 amide bonds. The number of aromatic nitrogens is 1. The number of nitrogens with one attached hydrogen (secondary N) is 2. The van der Waals surface area contributed by atoms with Crippen molar-refractivity contribution in [3.05, 3.63) is 79.5 Å². The third-order valence-corrected chi connectivity index (χ3v) is 17.3. The van der Waals surface area contributed by atoms with Gasteiger partial charge in [-0.3, -0.25) is 47.6 Å². The average molecular weight is 1250 g/mol. The van der Waals surface area contributed by atoms with Gasteiger partial charge in [-0.1, -0.05) is 59.8 Å². The molecule has 3 aliphatic heterocycles. The van der Waals surface area contributed by atoms with Crippen molar-refractivity contribution in [3.8, 4) is 11.5 Å². The van der Waals surface area contributed by atoms with E-state index in [-0.39, 0.29) is 93.8 Å². The van der Waals surface area contributed by atoms with Crippen LogP contribution in [-0.4, -0.2) is 137 Å². The van der Waals surface area contributed by atoms with E-state index in [1.807, 2.05) is 0 Å². The lowest BCUT2D eigenvalue weighted by atomic mass is 9.78. The second kappa shape index (κ2) is 29.1. The Kier molecular flexibility index (Phi) is 22.5. The first-order valence-electron chi connectivity index (χ1n) is 29.0. The van der Waals surface area contributed by atoms with Gasteiger partial charge in [-0.25, -0.2) is 4.98 Å². The van der Waals surface area contributed by atoms with E-state index >= 15 is 4.79 Å². The van der Waals surface area contributed by atoms with Gasteiger partial charge in [-0.2, -0.15) is 0 Å². The number of aromatic hydroxyl groups is 1. The molecule has 0 saturated carbocycles. The largest absolute Gasteiger partial charge is 0.507 e. The highest BCUT2D eigenvalue weighted by atomic mass is 31.1. The Hall–Kier alpha value is -7.36. The summed E-state index contributed by atoms with van der Waals surface area (Å²) in [5.41, 5.74) is -2.99. The van der Waals surface area contributed by atoms with Crippen LogP contribution in [0.2, 0.25) is 0 Å². The number of carbonyl (C=O) groups is 5. The fourth-order valence-corrected chi connectivity index (χ4v) is 11.9. The number of phenolic OH excluding ortho intramolecular Hbond substituents is 1. The Morgan fingerprint density at radius 2 is 1.56 bits per heavy atom. The molecule has 9 atom stereocenters. The van der Waals surface area contributed by atoms with E-state index < -0.39 is 134 Å². The first kappa shape index (κ1) is 67.2. The minimum Gasteiger partial charge on any atom is -0.507 e. The molecule has 470 valence electrons. The molecule has 24 nitrogen and oxygen atoms in total. The van der Waals surface area contributed by atoms with Gasteiger partial charge in [0.25, 0.3) is 5.91 Å². The lowest BCUT2D eigenvalue weighted by Crippen LogP contribution is -2.47. The first-order valence-corrected chi connectivity index (χ1v) is 30.7. The van der Waals surface area contributed by atoms with Gasteiger partial charge in [-0.15, -0.1) is 0 Å². The zero-order valence-corrected chi connectivity index (χ0v) is 52.5. The minimum atomic E-state index is -2.06. The summed E-state index contributed by atoms with van der Waals surface area (Å²) in [5.74, 6) is -9.35. The summed E-state index contributed by atoms with van der Waals surface area (Å²) in [4.78, 5) is 104. The monoisotopic (exact) mass is 1250 g/mol. The van der Waals surface area contributed by atoms with Crippen LogP contribution in [0.25, 0.3) is 38.7 Å². The second-order valence-corrected chi connectivity index (χ2v) is 24.9. The molecule has 0 aliphatic carbocycles. The predicted molar refractivity (Wildman–Crippen MR) is 324 cm³/mol. The number of hydrogen-bond acceptors (Lipinski definition) is 22. The Balaban J connectivity index is 1.29. The fourth-order valence-electron chi connectivity index (χ4n) is 11.3. The molecule has 1 fully saturated rings. The molecule has 3 aromatic carbocycles. The quantitative estimate of drug-likeness (QED) is 0.0172. The van der Waals surface area contributed by atoms with Gasteiger partial charge in [0.1, 0.15) is 34.9 Å². The number of aliphatic hydroxyl groups is 2. The van der Waals surface area contributed by atoms with Crippen LogP contribution in [0.4, 0.5) is 11.4 Å². The number of methoxy groups -OCH3 is 1. The molecule has 4 aromatic rings. The Morgan fingerprint density at radius 3 is 2.22 bits per heavy atom. The van der Waals surface area contributed by atoms with Crippen molar-refractivity contribution in [3.63, 3.8) is 0 Å². The number of benzene rings is 3. The Bertz CT molecular complexity index is 3570. The highest BCUT2D eigenvalue weighted by Crippen LogP contribution is 2.43. The number of fused-ring (bicyclic) bond motifs is 2. The maximum atomic E-state index is 15.1. The van der Waals surface area contributed by atoms with Gasteiger partial charge < -0.3 is 63.7 Å². The van der Waals surface area contributed by atoms with Crippen LogP contribution >= 0.6 is 16.9 Å². The van der Waals surface area contributed by atoms with Crippen molar-refractivity contribution in [2.24, 2.45) is 29.6 Å². The van der Waals surface area contributed by atoms with Crippen molar-refractivity contribution in [1.82, 2.24) is 15.2 Å². The third-order valence-electron chi connectivity index (χ3n) is 16.1. The van der Waals surface area contributed by atoms with Crippen LogP contribution in [0, 0.1) is 36.5 Å². The highest BCUT2D eigenvalue weighted by Gasteiger charge is 2.45. The standard InChI is InChI=1S/C61H77N5O19P2/c1-30(2)29-65-21-23-66(24-22-65)38-27-39(68)48-41(28-38)83-57-49(63-48)45-46-52(73)36(8)56-47(45)58(75)61(10,85-56)81-26-20-40(79-11)33(5)55(82-37(9)67)35(7)51(72)34(6)54(31(3)15-12-16-32(4)59(76)64-50(57)53(46)74)84-44(71)19-14-25-80-43(70)18-13-17-42(69)62-60(86-77)87-78/h12,15-16,20,26-28,30-31,33-35,40,51,54-55,60,72-73,75H,13-14,17-19,21-25,29H2,1-11H3,(H,62,69)(H,64,76)/b15-12+,26-20+,32-16-/t31-,33+,34-,35+,40-,51+,54-,55+,61-/m0/s1. The van der Waals surface area contributed by atoms with E-state index in [1.165, 1.54) is 65.4 Å². The zero-order chi connectivity index (χ0) is 63.8. The Labute approximate surface area is 505 Å². The molecule has 4 heterocycles. The van der Waals surface area contributed by atoms with Crippen molar-refractivity contribution in [2.75, 3.05) is 56.7 Å². The van der Waals surface area contributed by atoms with E-state index in [2.05, 4.69) is 34.3 Å². The molecule has 0 spiro atoms. The van der Waals surface area contributed by atoms with Crippen LogP contribution < -0.4 is 36.3 Å². The van der Waals surface area contributed by atoms with Gasteiger partial charge >= 0.3 is 23.7 Å². The highest BCUT2D eigenvalue weighted by molar-refractivity contribution is 7.44. The number of phenols is 1. The third kappa shape index (κ3) is 15.3. The van der Waals surface area contributed by atoms with E-state index in [0.717, 1.165) is 19.6 Å². The summed E-state index contributed by atoms with van der Waals surface area (Å²) in [7, 11) is 0.344. The average Bonchev–Trinajstić information content (AvgIpc) is 1.70. The molecule has 87 heavy (non-hydrogen) atoms. The van der Waals surface area contributed by atoms with Crippen LogP contribution in [0.1, 0.15) is 100.0 Å². The smallest absolute Gasteiger partial charge is 0.307 e. The number of nitrogens with zero attached hydrogens (tertiary/aromatic N) is 3.